The van der Waals surface area contributed by atoms with Crippen molar-refractivity contribution in [3.8, 4) is 0 Å². The van der Waals surface area contributed by atoms with Crippen molar-refractivity contribution >= 4 is 63.1 Å². The molecule has 0 unspecified atom stereocenters. The summed E-state index contributed by atoms with van der Waals surface area (Å²) in [6.07, 6.45) is 0. The lowest BCUT2D eigenvalue weighted by molar-refractivity contribution is -0.116. The number of likely N-dealkylation sites (N-methyl/N-ethyl adjacent to an activating group) is 1. The molecular formula is C22H21Cl2N3O4. The lowest BCUT2D eigenvalue weighted by Gasteiger charge is -2.14. The molecule has 3 rings (SSSR count). The molecule has 0 spiro atoms. The van der Waals surface area contributed by atoms with Crippen LogP contribution in [0.15, 0.2) is 34.7 Å². The first kappa shape index (κ1) is 22.8. The molecule has 2 aromatic carbocycles. The van der Waals surface area contributed by atoms with Crippen LogP contribution in [0.5, 0.6) is 0 Å². The van der Waals surface area contributed by atoms with Gasteiger partial charge in [-0.05, 0) is 46.1 Å². The Bertz CT molecular complexity index is 1200. The van der Waals surface area contributed by atoms with Crippen molar-refractivity contribution < 1.29 is 18.8 Å². The first-order chi connectivity index (χ1) is 14.6. The van der Waals surface area contributed by atoms with Gasteiger partial charge < -0.3 is 20.0 Å². The standard InChI is InChI=1S/C22H21Cl2N3O4/c1-11(28)18-12(2)31-21-13(18)6-5-7-16(21)26-22(30)19-14(23)8-9-15(20(19)24)25-17(29)10-27(3)4/h5-9H,10H2,1-4H3,(H,25,29)(H,26,30). The molecular weight excluding hydrogens is 441 g/mol. The Morgan fingerprint density at radius 3 is 2.35 bits per heavy atom. The largest absolute Gasteiger partial charge is 0.458 e. The fourth-order valence-electron chi connectivity index (χ4n) is 3.29. The van der Waals surface area contributed by atoms with Gasteiger partial charge >= 0.3 is 0 Å². The number of fused-ring (bicyclic) bond motifs is 1. The summed E-state index contributed by atoms with van der Waals surface area (Å²) < 4.78 is 5.74. The maximum Gasteiger partial charge on any atom is 0.258 e. The van der Waals surface area contributed by atoms with E-state index in [1.807, 2.05) is 0 Å². The lowest BCUT2D eigenvalue weighted by atomic mass is 10.1. The van der Waals surface area contributed by atoms with Crippen molar-refractivity contribution in [1.82, 2.24) is 4.90 Å². The summed E-state index contributed by atoms with van der Waals surface area (Å²) in [4.78, 5) is 38.8. The van der Waals surface area contributed by atoms with Gasteiger partial charge in [0.1, 0.15) is 5.76 Å². The third-order valence-electron chi connectivity index (χ3n) is 4.54. The van der Waals surface area contributed by atoms with E-state index in [1.54, 1.807) is 44.1 Å². The van der Waals surface area contributed by atoms with Gasteiger partial charge in [0.25, 0.3) is 5.91 Å². The maximum absolute atomic E-state index is 13.0. The van der Waals surface area contributed by atoms with Gasteiger partial charge in [0.2, 0.25) is 5.91 Å². The highest BCUT2D eigenvalue weighted by molar-refractivity contribution is 6.42. The zero-order valence-electron chi connectivity index (χ0n) is 17.4. The number of hydrogen-bond donors (Lipinski definition) is 2. The maximum atomic E-state index is 13.0. The monoisotopic (exact) mass is 461 g/mol. The van der Waals surface area contributed by atoms with Gasteiger partial charge in [-0.3, -0.25) is 14.4 Å². The highest BCUT2D eigenvalue weighted by Gasteiger charge is 2.22. The number of furan rings is 1. The number of nitrogens with one attached hydrogen (secondary N) is 2. The molecule has 7 nitrogen and oxygen atoms in total. The molecule has 1 heterocycles. The molecule has 2 N–H and O–H groups in total. The van der Waals surface area contributed by atoms with Crippen LogP contribution >= 0.6 is 23.2 Å². The van der Waals surface area contributed by atoms with Crippen LogP contribution in [0.4, 0.5) is 11.4 Å². The first-order valence-corrected chi connectivity index (χ1v) is 10.1. The second-order valence-corrected chi connectivity index (χ2v) is 8.08. The van der Waals surface area contributed by atoms with E-state index in [9.17, 15) is 14.4 Å². The topological polar surface area (TPSA) is 91.6 Å². The Morgan fingerprint density at radius 2 is 1.71 bits per heavy atom. The highest BCUT2D eigenvalue weighted by Crippen LogP contribution is 2.35. The Morgan fingerprint density at radius 1 is 1.00 bits per heavy atom. The average Bonchev–Trinajstić information content (AvgIpc) is 3.00. The Kier molecular flexibility index (Phi) is 6.69. The van der Waals surface area contributed by atoms with E-state index >= 15 is 0 Å². The minimum atomic E-state index is -0.579. The molecule has 0 fully saturated rings. The molecule has 0 atom stereocenters. The van der Waals surface area contributed by atoms with E-state index in [0.29, 0.717) is 28.0 Å². The van der Waals surface area contributed by atoms with Crippen LogP contribution in [0.3, 0.4) is 0 Å². The van der Waals surface area contributed by atoms with E-state index in [2.05, 4.69) is 10.6 Å². The molecule has 0 bridgehead atoms. The zero-order chi connectivity index (χ0) is 22.9. The molecule has 2 amide bonds. The SMILES string of the molecule is CC(=O)c1c(C)oc2c(NC(=O)c3c(Cl)ccc(NC(=O)CN(C)C)c3Cl)cccc12. The summed E-state index contributed by atoms with van der Waals surface area (Å²) in [7, 11) is 3.52. The number of aryl methyl sites for hydroxylation is 1. The van der Waals surface area contributed by atoms with Gasteiger partial charge in [-0.2, -0.15) is 0 Å². The fourth-order valence-corrected chi connectivity index (χ4v) is 3.88. The van der Waals surface area contributed by atoms with Gasteiger partial charge in [-0.25, -0.2) is 0 Å². The highest BCUT2D eigenvalue weighted by atomic mass is 35.5. The van der Waals surface area contributed by atoms with Gasteiger partial charge in [0.05, 0.1) is 39.1 Å². The van der Waals surface area contributed by atoms with Gasteiger partial charge in [0, 0.05) is 5.39 Å². The van der Waals surface area contributed by atoms with Crippen molar-refractivity contribution in [2.75, 3.05) is 31.3 Å². The van der Waals surface area contributed by atoms with Crippen LogP contribution in [-0.4, -0.2) is 43.1 Å². The molecule has 9 heteroatoms. The van der Waals surface area contributed by atoms with Crippen LogP contribution in [0, 0.1) is 6.92 Å². The number of carbonyl (C=O) groups is 3. The molecule has 0 aliphatic rings. The molecule has 31 heavy (non-hydrogen) atoms. The number of halogens is 2. The third kappa shape index (κ3) is 4.74. The fraction of sp³-hybridized carbons (Fsp3) is 0.227. The quantitative estimate of drug-likeness (QED) is 0.503. The van der Waals surface area contributed by atoms with Crippen LogP contribution in [0.2, 0.25) is 10.0 Å². The number of nitrogens with zero attached hydrogens (tertiary/aromatic N) is 1. The minimum absolute atomic E-state index is 0.0121. The summed E-state index contributed by atoms with van der Waals surface area (Å²) in [5, 5.41) is 6.16. The smallest absolute Gasteiger partial charge is 0.258 e. The predicted octanol–water partition coefficient (Wildman–Crippen LogP) is 5.00. The van der Waals surface area contributed by atoms with Crippen molar-refractivity contribution in [2.45, 2.75) is 13.8 Å². The van der Waals surface area contributed by atoms with Crippen LogP contribution in [0.25, 0.3) is 11.0 Å². The lowest BCUT2D eigenvalue weighted by Crippen LogP contribution is -2.27. The molecule has 1 aromatic heterocycles. The van der Waals surface area contributed by atoms with E-state index in [1.165, 1.54) is 19.1 Å². The second kappa shape index (κ2) is 9.09. The summed E-state index contributed by atoms with van der Waals surface area (Å²) in [6.45, 7) is 3.30. The first-order valence-electron chi connectivity index (χ1n) is 9.37. The molecule has 3 aromatic rings. The number of hydrogen-bond acceptors (Lipinski definition) is 5. The van der Waals surface area contributed by atoms with Gasteiger partial charge in [0.15, 0.2) is 11.4 Å². The number of carbonyl (C=O) groups excluding carboxylic acids is 3. The number of anilines is 2. The summed E-state index contributed by atoms with van der Waals surface area (Å²) in [5.74, 6) is -0.532. The van der Waals surface area contributed by atoms with E-state index in [0.717, 1.165) is 0 Å². The number of para-hydroxylation sites is 1. The van der Waals surface area contributed by atoms with Crippen LogP contribution < -0.4 is 10.6 Å². The van der Waals surface area contributed by atoms with Crippen molar-refractivity contribution in [3.63, 3.8) is 0 Å². The summed E-state index contributed by atoms with van der Waals surface area (Å²) in [5.41, 5.74) is 1.49. The van der Waals surface area contributed by atoms with Gasteiger partial charge in [-0.1, -0.05) is 35.3 Å². The molecule has 0 saturated heterocycles. The molecule has 162 valence electrons. The number of Topliss-reactive ketones (excluding diaryl/α,β-unsaturated/α-hetero) is 1. The van der Waals surface area contributed by atoms with Crippen molar-refractivity contribution in [3.05, 3.63) is 57.3 Å². The zero-order valence-corrected chi connectivity index (χ0v) is 18.9. The number of benzene rings is 2. The second-order valence-electron chi connectivity index (χ2n) is 7.30. The predicted molar refractivity (Wildman–Crippen MR) is 123 cm³/mol. The number of rotatable bonds is 6. The molecule has 0 saturated carbocycles. The third-order valence-corrected chi connectivity index (χ3v) is 5.25. The van der Waals surface area contributed by atoms with Crippen LogP contribution in [0.1, 0.15) is 33.4 Å². The molecule has 0 aliphatic heterocycles. The normalized spacial score (nSPS) is 11.1. The summed E-state index contributed by atoms with van der Waals surface area (Å²) >= 11 is 12.6. The number of amides is 2. The Hall–Kier alpha value is -2.87. The Labute approximate surface area is 189 Å². The van der Waals surface area contributed by atoms with E-state index in [-0.39, 0.29) is 39.5 Å². The van der Waals surface area contributed by atoms with Crippen molar-refractivity contribution in [2.24, 2.45) is 0 Å². The number of ketones is 1. The molecule has 0 aliphatic carbocycles. The van der Waals surface area contributed by atoms with Crippen molar-refractivity contribution in [1.29, 1.82) is 0 Å². The van der Waals surface area contributed by atoms with E-state index < -0.39 is 5.91 Å². The minimum Gasteiger partial charge on any atom is -0.458 e. The van der Waals surface area contributed by atoms with Crippen LogP contribution in [-0.2, 0) is 4.79 Å². The van der Waals surface area contributed by atoms with E-state index in [4.69, 9.17) is 27.6 Å². The Balaban J connectivity index is 1.96. The summed E-state index contributed by atoms with van der Waals surface area (Å²) in [6, 6.07) is 8.13. The average molecular weight is 462 g/mol. The van der Waals surface area contributed by atoms with Gasteiger partial charge in [-0.15, -0.1) is 0 Å². The molecule has 0 radical (unpaired) electrons.